The third-order valence-corrected chi connectivity index (χ3v) is 5.05. The van der Waals surface area contributed by atoms with Crippen molar-refractivity contribution in [3.63, 3.8) is 0 Å². The van der Waals surface area contributed by atoms with E-state index in [0.29, 0.717) is 13.1 Å². The first-order valence-corrected chi connectivity index (χ1v) is 9.35. The lowest BCUT2D eigenvalue weighted by atomic mass is 10.1. The fourth-order valence-electron chi connectivity index (χ4n) is 3.27. The molecule has 0 radical (unpaired) electrons. The molecular formula is C22H26N2O2. The lowest BCUT2D eigenvalue weighted by Gasteiger charge is -2.17. The fraction of sp³-hybridized carbons (Fsp3) is 0.364. The van der Waals surface area contributed by atoms with Gasteiger partial charge in [0.1, 0.15) is 0 Å². The average molecular weight is 350 g/mol. The van der Waals surface area contributed by atoms with E-state index in [2.05, 4.69) is 31.3 Å². The van der Waals surface area contributed by atoms with E-state index in [-0.39, 0.29) is 24.2 Å². The van der Waals surface area contributed by atoms with Gasteiger partial charge in [-0.05, 0) is 41.7 Å². The zero-order valence-corrected chi connectivity index (χ0v) is 15.5. The maximum absolute atomic E-state index is 12.5. The van der Waals surface area contributed by atoms with Gasteiger partial charge in [0.15, 0.2) is 0 Å². The van der Waals surface area contributed by atoms with Crippen LogP contribution in [0.15, 0.2) is 48.5 Å². The Hall–Kier alpha value is -2.62. The van der Waals surface area contributed by atoms with Crippen molar-refractivity contribution in [2.75, 3.05) is 11.4 Å². The van der Waals surface area contributed by atoms with Crippen molar-refractivity contribution in [3.05, 3.63) is 65.2 Å². The molecule has 1 fully saturated rings. The zero-order valence-electron chi connectivity index (χ0n) is 15.5. The second-order valence-electron chi connectivity index (χ2n) is 6.81. The lowest BCUT2D eigenvalue weighted by Crippen LogP contribution is -2.32. The summed E-state index contributed by atoms with van der Waals surface area (Å²) in [6.07, 6.45) is 2.25. The largest absolute Gasteiger partial charge is 0.352 e. The van der Waals surface area contributed by atoms with Gasteiger partial charge in [0.05, 0.1) is 5.92 Å². The Morgan fingerprint density at radius 2 is 1.50 bits per heavy atom. The van der Waals surface area contributed by atoms with Gasteiger partial charge >= 0.3 is 0 Å². The Labute approximate surface area is 155 Å². The number of hydrogen-bond acceptors (Lipinski definition) is 2. The van der Waals surface area contributed by atoms with E-state index in [1.807, 2.05) is 36.4 Å². The molecule has 1 aliphatic rings. The van der Waals surface area contributed by atoms with Gasteiger partial charge in [-0.15, -0.1) is 0 Å². The first-order chi connectivity index (χ1) is 12.6. The maximum Gasteiger partial charge on any atom is 0.227 e. The second-order valence-corrected chi connectivity index (χ2v) is 6.81. The topological polar surface area (TPSA) is 49.4 Å². The Kier molecular flexibility index (Phi) is 5.71. The average Bonchev–Trinajstić information content (AvgIpc) is 3.08. The van der Waals surface area contributed by atoms with Crippen molar-refractivity contribution in [3.8, 4) is 0 Å². The maximum atomic E-state index is 12.5. The second kappa shape index (κ2) is 8.17. The first kappa shape index (κ1) is 18.2. The van der Waals surface area contributed by atoms with Crippen molar-refractivity contribution in [2.24, 2.45) is 5.92 Å². The van der Waals surface area contributed by atoms with Gasteiger partial charge in [-0.1, -0.05) is 50.2 Å². The molecule has 4 heteroatoms. The molecule has 26 heavy (non-hydrogen) atoms. The molecule has 136 valence electrons. The minimum atomic E-state index is -0.289. The normalized spacial score (nSPS) is 16.8. The van der Waals surface area contributed by atoms with Gasteiger partial charge in [-0.3, -0.25) is 9.59 Å². The smallest absolute Gasteiger partial charge is 0.227 e. The number of aryl methyl sites for hydroxylation is 2. The van der Waals surface area contributed by atoms with Gasteiger partial charge in [0.25, 0.3) is 0 Å². The van der Waals surface area contributed by atoms with E-state index in [1.54, 1.807) is 4.90 Å². The molecule has 2 amide bonds. The highest BCUT2D eigenvalue weighted by Crippen LogP contribution is 2.25. The molecule has 1 heterocycles. The molecule has 3 rings (SSSR count). The molecule has 0 spiro atoms. The van der Waals surface area contributed by atoms with E-state index in [4.69, 9.17) is 0 Å². The van der Waals surface area contributed by atoms with E-state index in [0.717, 1.165) is 24.1 Å². The van der Waals surface area contributed by atoms with Crippen LogP contribution in [0.2, 0.25) is 0 Å². The Morgan fingerprint density at radius 3 is 2.08 bits per heavy atom. The fourth-order valence-corrected chi connectivity index (χ4v) is 3.27. The molecule has 0 aromatic heterocycles. The number of hydrogen-bond donors (Lipinski definition) is 1. The van der Waals surface area contributed by atoms with Crippen LogP contribution in [0.25, 0.3) is 0 Å². The number of carbonyl (C=O) groups is 2. The van der Waals surface area contributed by atoms with Crippen LogP contribution in [-0.2, 0) is 29.0 Å². The molecule has 2 aromatic carbocycles. The summed E-state index contributed by atoms with van der Waals surface area (Å²) < 4.78 is 0. The molecule has 1 saturated heterocycles. The van der Waals surface area contributed by atoms with Crippen LogP contribution in [0.3, 0.4) is 0 Å². The minimum absolute atomic E-state index is 0.0155. The Bertz CT molecular complexity index is 766. The first-order valence-electron chi connectivity index (χ1n) is 9.35. The number of carbonyl (C=O) groups excluding carboxylic acids is 2. The van der Waals surface area contributed by atoms with Gasteiger partial charge in [-0.25, -0.2) is 0 Å². The van der Waals surface area contributed by atoms with Crippen LogP contribution in [0, 0.1) is 5.92 Å². The number of amides is 2. The zero-order chi connectivity index (χ0) is 18.5. The van der Waals surface area contributed by atoms with Crippen molar-refractivity contribution in [1.29, 1.82) is 0 Å². The third kappa shape index (κ3) is 4.13. The van der Waals surface area contributed by atoms with Crippen LogP contribution in [0.1, 0.15) is 37.0 Å². The van der Waals surface area contributed by atoms with Gasteiger partial charge in [0, 0.05) is 25.2 Å². The summed E-state index contributed by atoms with van der Waals surface area (Å²) in [4.78, 5) is 26.5. The highest BCUT2D eigenvalue weighted by molar-refractivity contribution is 6.00. The van der Waals surface area contributed by atoms with Gasteiger partial charge in [0.2, 0.25) is 11.8 Å². The lowest BCUT2D eigenvalue weighted by molar-refractivity contribution is -0.126. The molecule has 1 atom stereocenters. The highest BCUT2D eigenvalue weighted by atomic mass is 16.2. The summed E-state index contributed by atoms with van der Waals surface area (Å²) >= 11 is 0. The van der Waals surface area contributed by atoms with Crippen LogP contribution in [0.4, 0.5) is 5.69 Å². The molecule has 4 nitrogen and oxygen atoms in total. The molecule has 0 unspecified atom stereocenters. The predicted octanol–water partition coefficient (Wildman–Crippen LogP) is 3.48. The summed E-state index contributed by atoms with van der Waals surface area (Å²) in [6.45, 7) is 5.17. The van der Waals surface area contributed by atoms with Crippen LogP contribution >= 0.6 is 0 Å². The monoisotopic (exact) mass is 350 g/mol. The highest BCUT2D eigenvalue weighted by Gasteiger charge is 2.34. The molecule has 1 N–H and O–H groups in total. The summed E-state index contributed by atoms with van der Waals surface area (Å²) in [7, 11) is 0. The minimum Gasteiger partial charge on any atom is -0.352 e. The number of benzene rings is 2. The molecule has 1 aliphatic heterocycles. The summed E-state index contributed by atoms with van der Waals surface area (Å²) in [5.74, 6) is -0.324. The van der Waals surface area contributed by atoms with E-state index in [1.165, 1.54) is 11.1 Å². The van der Waals surface area contributed by atoms with E-state index >= 15 is 0 Å². The number of anilines is 1. The van der Waals surface area contributed by atoms with Crippen LogP contribution in [0.5, 0.6) is 0 Å². The van der Waals surface area contributed by atoms with Gasteiger partial charge < -0.3 is 10.2 Å². The third-order valence-electron chi connectivity index (χ3n) is 5.05. The summed E-state index contributed by atoms with van der Waals surface area (Å²) in [5.41, 5.74) is 4.47. The van der Waals surface area contributed by atoms with E-state index < -0.39 is 0 Å². The molecule has 0 saturated carbocycles. The number of nitrogens with zero attached hydrogens (tertiary/aromatic N) is 1. The number of nitrogens with one attached hydrogen (secondary N) is 1. The predicted molar refractivity (Wildman–Crippen MR) is 104 cm³/mol. The molecule has 0 aliphatic carbocycles. The molecular weight excluding hydrogens is 324 g/mol. The van der Waals surface area contributed by atoms with E-state index in [9.17, 15) is 9.59 Å². The Balaban J connectivity index is 1.57. The summed E-state index contributed by atoms with van der Waals surface area (Å²) in [6, 6.07) is 16.3. The van der Waals surface area contributed by atoms with Crippen molar-refractivity contribution < 1.29 is 9.59 Å². The Morgan fingerprint density at radius 1 is 0.962 bits per heavy atom. The van der Waals surface area contributed by atoms with Crippen LogP contribution < -0.4 is 10.2 Å². The SMILES string of the molecule is CCc1ccc(CNC(=O)[C@@H]2CC(=O)N(c3ccc(CC)cc3)C2)cc1. The molecule has 2 aromatic rings. The quantitative estimate of drug-likeness (QED) is 0.867. The molecule has 0 bridgehead atoms. The summed E-state index contributed by atoms with van der Waals surface area (Å²) in [5, 5.41) is 2.97. The van der Waals surface area contributed by atoms with Gasteiger partial charge in [-0.2, -0.15) is 0 Å². The standard InChI is InChI=1S/C22H26N2O2/c1-3-16-5-7-18(8-6-16)14-23-22(26)19-13-21(25)24(15-19)20-11-9-17(4-2)10-12-20/h5-12,19H,3-4,13-15H2,1-2H3,(H,23,26)/t19-/m1/s1. The van der Waals surface area contributed by atoms with Crippen molar-refractivity contribution in [2.45, 2.75) is 39.7 Å². The van der Waals surface area contributed by atoms with Crippen LogP contribution in [-0.4, -0.2) is 18.4 Å². The van der Waals surface area contributed by atoms with Crippen molar-refractivity contribution >= 4 is 17.5 Å². The number of rotatable bonds is 6. The van der Waals surface area contributed by atoms with Crippen molar-refractivity contribution in [1.82, 2.24) is 5.32 Å².